The second kappa shape index (κ2) is 7.61. The number of carbonyl (C=O) groups is 1. The maximum Gasteiger partial charge on any atom is 0.229 e. The summed E-state index contributed by atoms with van der Waals surface area (Å²) in [6, 6.07) is 5.19. The number of thiocarbonyl (C=S) groups is 1. The minimum absolute atomic E-state index is 0.00630. The molecule has 1 aromatic rings. The predicted molar refractivity (Wildman–Crippen MR) is 88.9 cm³/mol. The average Bonchev–Trinajstić information content (AvgIpc) is 2.48. The monoisotopic (exact) mass is 326 g/mol. The average molecular weight is 327 g/mol. The van der Waals surface area contributed by atoms with Crippen molar-refractivity contribution in [3.63, 3.8) is 0 Å². The molecule has 0 aromatic heterocycles. The zero-order valence-corrected chi connectivity index (χ0v) is 13.5. The van der Waals surface area contributed by atoms with Gasteiger partial charge >= 0.3 is 0 Å². The normalized spacial score (nSPS) is 15.3. The fraction of sp³-hybridized carbons (Fsp3) is 0.467. The first kappa shape index (κ1) is 16.0. The van der Waals surface area contributed by atoms with Crippen molar-refractivity contribution in [1.29, 1.82) is 0 Å². The van der Waals surface area contributed by atoms with Crippen molar-refractivity contribution >= 4 is 40.5 Å². The summed E-state index contributed by atoms with van der Waals surface area (Å²) in [6.07, 6.45) is 5.32. The van der Waals surface area contributed by atoms with Crippen molar-refractivity contribution in [1.82, 2.24) is 5.32 Å². The largest absolute Gasteiger partial charge is 0.495 e. The van der Waals surface area contributed by atoms with E-state index in [4.69, 9.17) is 28.6 Å². The van der Waals surface area contributed by atoms with Gasteiger partial charge in [-0.2, -0.15) is 0 Å². The van der Waals surface area contributed by atoms with E-state index in [2.05, 4.69) is 10.6 Å². The van der Waals surface area contributed by atoms with Gasteiger partial charge in [0.1, 0.15) is 5.75 Å². The van der Waals surface area contributed by atoms with E-state index in [1.165, 1.54) is 6.42 Å². The summed E-state index contributed by atoms with van der Waals surface area (Å²) in [4.78, 5) is 12.1. The molecule has 1 saturated carbocycles. The predicted octanol–water partition coefficient (Wildman–Crippen LogP) is 3.74. The van der Waals surface area contributed by atoms with Gasteiger partial charge in [-0.3, -0.25) is 4.79 Å². The third kappa shape index (κ3) is 4.58. The molecule has 1 amide bonds. The van der Waals surface area contributed by atoms with Crippen LogP contribution in [0.3, 0.4) is 0 Å². The van der Waals surface area contributed by atoms with E-state index in [0.717, 1.165) is 25.7 Å². The number of carbonyl (C=O) groups excluding carboxylic acids is 1. The number of nitrogens with one attached hydrogen (secondary N) is 2. The van der Waals surface area contributed by atoms with Gasteiger partial charge in [0, 0.05) is 10.9 Å². The molecule has 21 heavy (non-hydrogen) atoms. The van der Waals surface area contributed by atoms with Crippen LogP contribution in [0.5, 0.6) is 5.75 Å². The molecule has 0 radical (unpaired) electrons. The molecule has 0 unspecified atom stereocenters. The Bertz CT molecular complexity index is 530. The summed E-state index contributed by atoms with van der Waals surface area (Å²) in [7, 11) is 1.57. The molecular formula is C15H19ClN2O2S. The number of amides is 1. The number of methoxy groups -OCH3 is 1. The highest BCUT2D eigenvalue weighted by Crippen LogP contribution is 2.28. The second-order valence-electron chi connectivity index (χ2n) is 5.12. The van der Waals surface area contributed by atoms with Crippen LogP contribution in [0.25, 0.3) is 0 Å². The fourth-order valence-electron chi connectivity index (χ4n) is 2.51. The first-order valence-electron chi connectivity index (χ1n) is 7.05. The molecule has 0 saturated heterocycles. The zero-order chi connectivity index (χ0) is 15.2. The van der Waals surface area contributed by atoms with Crippen LogP contribution < -0.4 is 15.4 Å². The molecule has 2 N–H and O–H groups in total. The van der Waals surface area contributed by atoms with Gasteiger partial charge in [-0.05, 0) is 43.3 Å². The second-order valence-corrected chi connectivity index (χ2v) is 5.97. The van der Waals surface area contributed by atoms with Crippen molar-refractivity contribution in [2.24, 2.45) is 5.92 Å². The highest BCUT2D eigenvalue weighted by atomic mass is 35.5. The minimum Gasteiger partial charge on any atom is -0.495 e. The summed E-state index contributed by atoms with van der Waals surface area (Å²) in [5.74, 6) is 0.682. The Morgan fingerprint density at radius 2 is 2.05 bits per heavy atom. The van der Waals surface area contributed by atoms with Crippen LogP contribution >= 0.6 is 23.8 Å². The van der Waals surface area contributed by atoms with Crippen LogP contribution in [-0.2, 0) is 4.79 Å². The fourth-order valence-corrected chi connectivity index (χ4v) is 2.89. The Morgan fingerprint density at radius 1 is 1.33 bits per heavy atom. The number of halogens is 1. The summed E-state index contributed by atoms with van der Waals surface area (Å²) in [5.41, 5.74) is 0.638. The molecule has 1 fully saturated rings. The van der Waals surface area contributed by atoms with Gasteiger partial charge in [0.15, 0.2) is 5.11 Å². The van der Waals surface area contributed by atoms with Gasteiger partial charge < -0.3 is 15.4 Å². The molecule has 0 spiro atoms. The number of rotatable bonds is 3. The number of hydrogen-bond donors (Lipinski definition) is 2. The summed E-state index contributed by atoms with van der Waals surface area (Å²) in [6.45, 7) is 0. The molecule has 0 heterocycles. The Labute approximate surface area is 135 Å². The molecule has 2 rings (SSSR count). The van der Waals surface area contributed by atoms with E-state index >= 15 is 0 Å². The minimum atomic E-state index is -0.00630. The zero-order valence-electron chi connectivity index (χ0n) is 11.9. The number of hydrogen-bond acceptors (Lipinski definition) is 3. The Morgan fingerprint density at radius 3 is 2.71 bits per heavy atom. The maximum atomic E-state index is 12.1. The van der Waals surface area contributed by atoms with Crippen molar-refractivity contribution < 1.29 is 9.53 Å². The Kier molecular flexibility index (Phi) is 5.82. The summed E-state index contributed by atoms with van der Waals surface area (Å²) >= 11 is 11.1. The van der Waals surface area contributed by atoms with E-state index in [1.807, 2.05) is 0 Å². The lowest BCUT2D eigenvalue weighted by molar-refractivity contribution is -0.124. The topological polar surface area (TPSA) is 50.4 Å². The van der Waals surface area contributed by atoms with Gasteiger partial charge in [-0.15, -0.1) is 0 Å². The van der Waals surface area contributed by atoms with Crippen LogP contribution in [0, 0.1) is 5.92 Å². The summed E-state index contributed by atoms with van der Waals surface area (Å²) in [5, 5.41) is 6.55. The van der Waals surface area contributed by atoms with Crippen LogP contribution in [-0.4, -0.2) is 18.1 Å². The number of benzene rings is 1. The molecule has 6 heteroatoms. The molecule has 4 nitrogen and oxygen atoms in total. The molecule has 0 atom stereocenters. The van der Waals surface area contributed by atoms with Gasteiger partial charge in [0.25, 0.3) is 0 Å². The Balaban J connectivity index is 1.95. The molecule has 0 bridgehead atoms. The first-order chi connectivity index (χ1) is 10.1. The number of anilines is 1. The number of ether oxygens (including phenoxy) is 1. The lowest BCUT2D eigenvalue weighted by atomic mass is 9.89. The lowest BCUT2D eigenvalue weighted by Gasteiger charge is -2.21. The SMILES string of the molecule is COc1ccc(Cl)cc1NC(=S)NC(=O)C1CCCCC1. The highest BCUT2D eigenvalue weighted by Gasteiger charge is 2.21. The van der Waals surface area contributed by atoms with Crippen molar-refractivity contribution in [3.8, 4) is 5.75 Å². The quantitative estimate of drug-likeness (QED) is 0.831. The van der Waals surface area contributed by atoms with E-state index in [9.17, 15) is 4.79 Å². The van der Waals surface area contributed by atoms with Gasteiger partial charge in [-0.1, -0.05) is 30.9 Å². The van der Waals surface area contributed by atoms with E-state index in [0.29, 0.717) is 16.5 Å². The standard InChI is InChI=1S/C15H19ClN2O2S/c1-20-13-8-7-11(16)9-12(13)17-15(21)18-14(19)10-5-3-2-4-6-10/h7-10H,2-6H2,1H3,(H2,17,18,19,21). The third-order valence-corrected chi connectivity index (χ3v) is 4.06. The molecule has 0 aliphatic heterocycles. The van der Waals surface area contributed by atoms with Crippen molar-refractivity contribution in [3.05, 3.63) is 23.2 Å². The van der Waals surface area contributed by atoms with Crippen LogP contribution in [0.15, 0.2) is 18.2 Å². The highest BCUT2D eigenvalue weighted by molar-refractivity contribution is 7.80. The van der Waals surface area contributed by atoms with Gasteiger partial charge in [-0.25, -0.2) is 0 Å². The smallest absolute Gasteiger partial charge is 0.229 e. The van der Waals surface area contributed by atoms with Crippen molar-refractivity contribution in [2.75, 3.05) is 12.4 Å². The van der Waals surface area contributed by atoms with Crippen molar-refractivity contribution in [2.45, 2.75) is 32.1 Å². The molecular weight excluding hydrogens is 308 g/mol. The van der Waals surface area contributed by atoms with E-state index in [1.54, 1.807) is 25.3 Å². The van der Waals surface area contributed by atoms with Gasteiger partial charge in [0.2, 0.25) is 5.91 Å². The third-order valence-electron chi connectivity index (χ3n) is 3.62. The Hall–Kier alpha value is -1.33. The lowest BCUT2D eigenvalue weighted by Crippen LogP contribution is -2.39. The van der Waals surface area contributed by atoms with Crippen LogP contribution in [0.2, 0.25) is 5.02 Å². The summed E-state index contributed by atoms with van der Waals surface area (Å²) < 4.78 is 5.23. The van der Waals surface area contributed by atoms with Crippen LogP contribution in [0.4, 0.5) is 5.69 Å². The molecule has 1 aliphatic rings. The van der Waals surface area contributed by atoms with E-state index in [-0.39, 0.29) is 16.9 Å². The van der Waals surface area contributed by atoms with Gasteiger partial charge in [0.05, 0.1) is 12.8 Å². The first-order valence-corrected chi connectivity index (χ1v) is 7.84. The maximum absolute atomic E-state index is 12.1. The molecule has 1 aromatic carbocycles. The van der Waals surface area contributed by atoms with E-state index < -0.39 is 0 Å². The van der Waals surface area contributed by atoms with Crippen LogP contribution in [0.1, 0.15) is 32.1 Å². The molecule has 1 aliphatic carbocycles. The molecule has 114 valence electrons.